The van der Waals surface area contributed by atoms with Gasteiger partial charge >= 0.3 is 6.03 Å². The van der Waals surface area contributed by atoms with Crippen LogP contribution in [0.4, 0.5) is 4.79 Å². The molecule has 1 aromatic heterocycles. The van der Waals surface area contributed by atoms with E-state index in [1.807, 2.05) is 5.43 Å². The largest absolute Gasteiger partial charge is 0.351 e. The molecule has 0 aliphatic heterocycles. The average Bonchev–Trinajstić information content (AvgIpc) is 2.34. The third-order valence-electron chi connectivity index (χ3n) is 2.00. The number of carbonyl (C=O) groups is 2. The number of halogens is 1. The predicted molar refractivity (Wildman–Crippen MR) is 64.7 cm³/mol. The van der Waals surface area contributed by atoms with Gasteiger partial charge in [-0.05, 0) is 12.1 Å². The minimum atomic E-state index is -0.948. The van der Waals surface area contributed by atoms with Crippen LogP contribution in [0.3, 0.4) is 0 Å². The van der Waals surface area contributed by atoms with Crippen LogP contribution in [0, 0.1) is 5.41 Å². The molecule has 1 rings (SSSR count). The van der Waals surface area contributed by atoms with Crippen molar-refractivity contribution in [3.63, 3.8) is 0 Å². The molecule has 1 aromatic rings. The molecular weight excluding hydrogens is 260 g/mol. The molecule has 0 atom stereocenters. The maximum atomic E-state index is 11.2. The number of hydrogen-bond acceptors (Lipinski definition) is 5. The van der Waals surface area contributed by atoms with Crippen LogP contribution in [0.1, 0.15) is 5.56 Å². The molecule has 0 unspecified atom stereocenters. The van der Waals surface area contributed by atoms with Crippen LogP contribution >= 0.6 is 11.6 Å². The first kappa shape index (κ1) is 13.9. The van der Waals surface area contributed by atoms with Crippen LogP contribution in [0.2, 0.25) is 5.15 Å². The second-order valence-corrected chi connectivity index (χ2v) is 3.59. The average molecular weight is 271 g/mol. The molecule has 0 saturated heterocycles. The van der Waals surface area contributed by atoms with Crippen molar-refractivity contribution in [2.24, 2.45) is 11.6 Å². The van der Waals surface area contributed by atoms with Crippen molar-refractivity contribution in [1.29, 1.82) is 5.41 Å². The molecule has 96 valence electrons. The van der Waals surface area contributed by atoms with Crippen LogP contribution in [-0.4, -0.2) is 34.2 Å². The van der Waals surface area contributed by atoms with E-state index in [-0.39, 0.29) is 11.0 Å². The van der Waals surface area contributed by atoms with Crippen molar-refractivity contribution in [2.45, 2.75) is 0 Å². The van der Waals surface area contributed by atoms with Crippen LogP contribution in [0.15, 0.2) is 18.3 Å². The van der Waals surface area contributed by atoms with Crippen LogP contribution in [-0.2, 0) is 4.79 Å². The van der Waals surface area contributed by atoms with Crippen molar-refractivity contribution in [3.8, 4) is 0 Å². The van der Waals surface area contributed by atoms with E-state index in [9.17, 15) is 9.59 Å². The van der Waals surface area contributed by atoms with E-state index < -0.39 is 18.5 Å². The fourth-order valence-corrected chi connectivity index (χ4v) is 1.34. The zero-order valence-corrected chi connectivity index (χ0v) is 9.94. The molecule has 1 heterocycles. The molecule has 0 saturated carbocycles. The van der Waals surface area contributed by atoms with Crippen molar-refractivity contribution in [2.75, 3.05) is 6.54 Å². The van der Waals surface area contributed by atoms with E-state index in [1.165, 1.54) is 18.3 Å². The fraction of sp³-hybridized carbons (Fsp3) is 0.111. The second-order valence-electron chi connectivity index (χ2n) is 3.21. The van der Waals surface area contributed by atoms with Gasteiger partial charge < -0.3 is 5.73 Å². The number of aromatic nitrogens is 1. The van der Waals surface area contributed by atoms with Gasteiger partial charge in [0.1, 0.15) is 17.5 Å². The molecule has 0 radical (unpaired) electrons. The van der Waals surface area contributed by atoms with Gasteiger partial charge in [0.15, 0.2) is 0 Å². The number of amides is 3. The maximum Gasteiger partial charge on any atom is 0.320 e. The number of carbonyl (C=O) groups excluding carboxylic acids is 2. The number of pyridine rings is 1. The van der Waals surface area contributed by atoms with Crippen LogP contribution in [0.5, 0.6) is 0 Å². The van der Waals surface area contributed by atoms with Gasteiger partial charge in [0.05, 0.1) is 0 Å². The highest BCUT2D eigenvalue weighted by molar-refractivity contribution is 6.29. The molecule has 8 nitrogen and oxygen atoms in total. The van der Waals surface area contributed by atoms with Crippen molar-refractivity contribution in [3.05, 3.63) is 29.0 Å². The normalized spacial score (nSPS) is 9.67. The molecule has 18 heavy (non-hydrogen) atoms. The third kappa shape index (κ3) is 3.40. The number of hydrazine groups is 1. The Balaban J connectivity index is 2.96. The topological polar surface area (TPSA) is 138 Å². The summed E-state index contributed by atoms with van der Waals surface area (Å²) >= 11 is 5.66. The second kappa shape index (κ2) is 5.94. The highest BCUT2D eigenvalue weighted by Crippen LogP contribution is 2.09. The Hall–Kier alpha value is -2.19. The van der Waals surface area contributed by atoms with E-state index in [0.717, 1.165) is 4.90 Å². The quantitative estimate of drug-likeness (QED) is 0.146. The van der Waals surface area contributed by atoms with Gasteiger partial charge in [-0.25, -0.2) is 15.6 Å². The van der Waals surface area contributed by atoms with E-state index in [0.29, 0.717) is 5.56 Å². The Labute approximate surface area is 107 Å². The van der Waals surface area contributed by atoms with Gasteiger partial charge in [0.2, 0.25) is 0 Å². The smallest absolute Gasteiger partial charge is 0.320 e. The first-order chi connectivity index (χ1) is 8.45. The van der Waals surface area contributed by atoms with Gasteiger partial charge in [-0.1, -0.05) is 11.6 Å². The number of rotatable bonds is 3. The number of hydrogen-bond donors (Lipinski definition) is 4. The minimum absolute atomic E-state index is 0.157. The SMILES string of the molecule is N=C(c1ccnc(Cl)c1)N(CC(=O)NN)C(N)=O. The summed E-state index contributed by atoms with van der Waals surface area (Å²) in [6, 6.07) is 1.89. The molecule has 0 aromatic carbocycles. The summed E-state index contributed by atoms with van der Waals surface area (Å²) in [5.74, 6) is 3.98. The lowest BCUT2D eigenvalue weighted by atomic mass is 10.2. The Morgan fingerprint density at radius 2 is 2.22 bits per heavy atom. The molecule has 0 bridgehead atoms. The third-order valence-corrected chi connectivity index (χ3v) is 2.21. The summed E-state index contributed by atoms with van der Waals surface area (Å²) in [7, 11) is 0. The number of amidine groups is 1. The van der Waals surface area contributed by atoms with Gasteiger partial charge in [-0.2, -0.15) is 0 Å². The number of nitrogens with two attached hydrogens (primary N) is 2. The number of urea groups is 1. The highest BCUT2D eigenvalue weighted by atomic mass is 35.5. The number of nitrogens with zero attached hydrogens (tertiary/aromatic N) is 2. The van der Waals surface area contributed by atoms with Gasteiger partial charge in [0.25, 0.3) is 5.91 Å². The summed E-state index contributed by atoms with van der Waals surface area (Å²) in [5.41, 5.74) is 7.24. The zero-order valence-electron chi connectivity index (χ0n) is 9.18. The van der Waals surface area contributed by atoms with E-state index in [1.54, 1.807) is 0 Å². The summed E-state index contributed by atoms with van der Waals surface area (Å²) in [5, 5.41) is 7.96. The number of nitrogens with one attached hydrogen (secondary N) is 2. The van der Waals surface area contributed by atoms with Gasteiger partial charge in [0, 0.05) is 11.8 Å². The lowest BCUT2D eigenvalue weighted by Crippen LogP contribution is -2.48. The first-order valence-corrected chi connectivity index (χ1v) is 5.10. The maximum absolute atomic E-state index is 11.2. The molecule has 0 aliphatic rings. The lowest BCUT2D eigenvalue weighted by molar-refractivity contribution is -0.121. The standard InChI is InChI=1S/C9H11ClN6O2/c10-6-3-5(1-2-14-6)8(11)16(9(12)18)4-7(17)15-13/h1-3,11H,4,13H2,(H2,12,18)(H,15,17). The Bertz CT molecular complexity index is 492. The lowest BCUT2D eigenvalue weighted by Gasteiger charge is -2.20. The summed E-state index contributed by atoms with van der Waals surface area (Å²) in [4.78, 5) is 26.8. The van der Waals surface area contributed by atoms with Crippen LogP contribution in [0.25, 0.3) is 0 Å². The van der Waals surface area contributed by atoms with E-state index in [2.05, 4.69) is 4.98 Å². The summed E-state index contributed by atoms with van der Waals surface area (Å²) in [6.07, 6.45) is 1.37. The molecule has 3 amide bonds. The molecule has 0 aliphatic carbocycles. The Morgan fingerprint density at radius 3 is 2.72 bits per heavy atom. The van der Waals surface area contributed by atoms with Crippen LogP contribution < -0.4 is 17.0 Å². The van der Waals surface area contributed by atoms with Gasteiger partial charge in [-0.3, -0.25) is 20.5 Å². The van der Waals surface area contributed by atoms with Crippen molar-refractivity contribution < 1.29 is 9.59 Å². The summed E-state index contributed by atoms with van der Waals surface area (Å²) in [6.45, 7) is -0.454. The predicted octanol–water partition coefficient (Wildman–Crippen LogP) is -0.569. The van der Waals surface area contributed by atoms with Gasteiger partial charge in [-0.15, -0.1) is 0 Å². The molecule has 6 N–H and O–H groups in total. The fourth-order valence-electron chi connectivity index (χ4n) is 1.16. The van der Waals surface area contributed by atoms with Crippen molar-refractivity contribution >= 4 is 29.4 Å². The Kier molecular flexibility index (Phi) is 4.58. The van der Waals surface area contributed by atoms with Crippen molar-refractivity contribution in [1.82, 2.24) is 15.3 Å². The highest BCUT2D eigenvalue weighted by Gasteiger charge is 2.20. The zero-order chi connectivity index (χ0) is 13.7. The number of primary amides is 1. The van der Waals surface area contributed by atoms with E-state index >= 15 is 0 Å². The van der Waals surface area contributed by atoms with E-state index in [4.69, 9.17) is 28.6 Å². The Morgan fingerprint density at radius 1 is 1.56 bits per heavy atom. The summed E-state index contributed by atoms with van der Waals surface area (Å²) < 4.78 is 0. The minimum Gasteiger partial charge on any atom is -0.351 e. The first-order valence-electron chi connectivity index (χ1n) is 4.72. The molecule has 9 heteroatoms. The molecular formula is C9H11ClN6O2. The molecule has 0 spiro atoms. The molecule has 0 fully saturated rings. The monoisotopic (exact) mass is 270 g/mol.